The third kappa shape index (κ3) is 2.03. The standard InChI is InChI=1S/C8H12N2O2S/c1-5-6(11-2)9-8(12-3)10-7(5)13-4/h1-4H3. The molecular formula is C8H12N2O2S. The number of nitrogens with zero attached hydrogens (tertiary/aromatic N) is 2. The van der Waals surface area contributed by atoms with Gasteiger partial charge in [0.15, 0.2) is 0 Å². The molecule has 0 radical (unpaired) electrons. The molecule has 72 valence electrons. The van der Waals surface area contributed by atoms with Crippen molar-refractivity contribution in [1.29, 1.82) is 0 Å². The van der Waals surface area contributed by atoms with Crippen molar-refractivity contribution in [2.24, 2.45) is 0 Å². The van der Waals surface area contributed by atoms with Gasteiger partial charge in [-0.2, -0.15) is 9.97 Å². The average molecular weight is 200 g/mol. The molecule has 0 saturated carbocycles. The molecule has 0 aliphatic rings. The Balaban J connectivity index is 3.20. The molecule has 0 atom stereocenters. The van der Waals surface area contributed by atoms with Crippen molar-refractivity contribution in [3.05, 3.63) is 5.56 Å². The normalized spacial score (nSPS) is 9.85. The van der Waals surface area contributed by atoms with Crippen LogP contribution in [0.5, 0.6) is 11.9 Å². The molecule has 0 aromatic carbocycles. The van der Waals surface area contributed by atoms with E-state index in [-0.39, 0.29) is 0 Å². The van der Waals surface area contributed by atoms with E-state index in [1.54, 1.807) is 18.9 Å². The first-order valence-corrected chi connectivity index (χ1v) is 4.96. The molecule has 1 aromatic heterocycles. The van der Waals surface area contributed by atoms with Crippen molar-refractivity contribution in [1.82, 2.24) is 9.97 Å². The number of methoxy groups -OCH3 is 2. The van der Waals surface area contributed by atoms with Gasteiger partial charge in [0, 0.05) is 5.56 Å². The van der Waals surface area contributed by atoms with Crippen LogP contribution in [0.2, 0.25) is 0 Å². The molecule has 0 aliphatic heterocycles. The molecule has 1 rings (SSSR count). The van der Waals surface area contributed by atoms with E-state index in [2.05, 4.69) is 9.97 Å². The van der Waals surface area contributed by atoms with Crippen LogP contribution in [0, 0.1) is 6.92 Å². The van der Waals surface area contributed by atoms with Crippen LogP contribution < -0.4 is 9.47 Å². The van der Waals surface area contributed by atoms with Gasteiger partial charge < -0.3 is 9.47 Å². The lowest BCUT2D eigenvalue weighted by Crippen LogP contribution is -1.99. The Morgan fingerprint density at radius 1 is 1.15 bits per heavy atom. The summed E-state index contributed by atoms with van der Waals surface area (Å²) in [6, 6.07) is 0.340. The van der Waals surface area contributed by atoms with E-state index in [9.17, 15) is 0 Å². The molecule has 0 amide bonds. The number of ether oxygens (including phenoxy) is 2. The van der Waals surface area contributed by atoms with Gasteiger partial charge in [-0.1, -0.05) is 0 Å². The van der Waals surface area contributed by atoms with Crippen LogP contribution in [0.1, 0.15) is 5.56 Å². The van der Waals surface area contributed by atoms with Gasteiger partial charge in [0.2, 0.25) is 5.88 Å². The van der Waals surface area contributed by atoms with Crippen LogP contribution in [0.4, 0.5) is 0 Å². The van der Waals surface area contributed by atoms with Crippen molar-refractivity contribution in [3.63, 3.8) is 0 Å². The topological polar surface area (TPSA) is 44.2 Å². The number of hydrogen-bond donors (Lipinski definition) is 0. The first-order chi connectivity index (χ1) is 6.22. The highest BCUT2D eigenvalue weighted by molar-refractivity contribution is 7.98. The quantitative estimate of drug-likeness (QED) is 0.547. The fourth-order valence-electron chi connectivity index (χ4n) is 0.947. The van der Waals surface area contributed by atoms with E-state index in [4.69, 9.17) is 9.47 Å². The molecule has 0 unspecified atom stereocenters. The van der Waals surface area contributed by atoms with Crippen molar-refractivity contribution in [2.45, 2.75) is 11.9 Å². The van der Waals surface area contributed by atoms with Crippen LogP contribution in [0.25, 0.3) is 0 Å². The average Bonchev–Trinajstić information content (AvgIpc) is 2.18. The monoisotopic (exact) mass is 200 g/mol. The summed E-state index contributed by atoms with van der Waals surface area (Å²) in [5.74, 6) is 0.566. The molecule has 0 N–H and O–H groups in total. The summed E-state index contributed by atoms with van der Waals surface area (Å²) >= 11 is 1.54. The fourth-order valence-corrected chi connectivity index (χ4v) is 1.51. The smallest absolute Gasteiger partial charge is 0.320 e. The molecule has 1 heterocycles. The number of rotatable bonds is 3. The maximum Gasteiger partial charge on any atom is 0.320 e. The maximum atomic E-state index is 5.09. The summed E-state index contributed by atoms with van der Waals surface area (Å²) in [6.07, 6.45) is 1.95. The van der Waals surface area contributed by atoms with Gasteiger partial charge in [0.1, 0.15) is 5.03 Å². The van der Waals surface area contributed by atoms with Gasteiger partial charge in [0.05, 0.1) is 14.2 Å². The third-order valence-corrected chi connectivity index (χ3v) is 2.39. The Bertz CT molecular complexity index is 279. The van der Waals surface area contributed by atoms with Gasteiger partial charge in [-0.25, -0.2) is 0 Å². The lowest BCUT2D eigenvalue weighted by molar-refractivity contribution is 0.345. The fraction of sp³-hybridized carbons (Fsp3) is 0.500. The van der Waals surface area contributed by atoms with E-state index in [0.717, 1.165) is 10.6 Å². The Kier molecular flexibility index (Phi) is 3.36. The first-order valence-electron chi connectivity index (χ1n) is 3.73. The summed E-state index contributed by atoms with van der Waals surface area (Å²) in [5.41, 5.74) is 0.941. The lowest BCUT2D eigenvalue weighted by Gasteiger charge is -2.08. The lowest BCUT2D eigenvalue weighted by atomic mass is 10.4. The predicted molar refractivity (Wildman–Crippen MR) is 51.7 cm³/mol. The van der Waals surface area contributed by atoms with Gasteiger partial charge >= 0.3 is 6.01 Å². The van der Waals surface area contributed by atoms with Gasteiger partial charge in [-0.3, -0.25) is 0 Å². The highest BCUT2D eigenvalue weighted by Crippen LogP contribution is 2.26. The van der Waals surface area contributed by atoms with Crippen molar-refractivity contribution >= 4 is 11.8 Å². The minimum atomic E-state index is 0.340. The molecule has 0 fully saturated rings. The SMILES string of the molecule is COc1nc(OC)c(C)c(SC)n1. The van der Waals surface area contributed by atoms with Crippen molar-refractivity contribution < 1.29 is 9.47 Å². The second-order valence-electron chi connectivity index (χ2n) is 2.35. The van der Waals surface area contributed by atoms with Gasteiger partial charge in [0.25, 0.3) is 0 Å². The predicted octanol–water partition coefficient (Wildman–Crippen LogP) is 1.52. The summed E-state index contributed by atoms with van der Waals surface area (Å²) in [6.45, 7) is 1.92. The second-order valence-corrected chi connectivity index (χ2v) is 3.15. The van der Waals surface area contributed by atoms with E-state index in [0.29, 0.717) is 11.9 Å². The molecular weight excluding hydrogens is 188 g/mol. The Morgan fingerprint density at radius 3 is 2.31 bits per heavy atom. The molecule has 5 heteroatoms. The van der Waals surface area contributed by atoms with Crippen molar-refractivity contribution in [2.75, 3.05) is 20.5 Å². The van der Waals surface area contributed by atoms with Crippen LogP contribution in [0.3, 0.4) is 0 Å². The molecule has 0 bridgehead atoms. The maximum absolute atomic E-state index is 5.09. The summed E-state index contributed by atoms with van der Waals surface area (Å²) in [4.78, 5) is 8.22. The summed E-state index contributed by atoms with van der Waals surface area (Å²) in [7, 11) is 3.12. The number of thioether (sulfide) groups is 1. The highest BCUT2D eigenvalue weighted by Gasteiger charge is 2.10. The Labute approximate surface area is 81.7 Å². The van der Waals surface area contributed by atoms with E-state index in [1.165, 1.54) is 7.11 Å². The molecule has 0 aliphatic carbocycles. The van der Waals surface area contributed by atoms with Gasteiger partial charge in [-0.15, -0.1) is 11.8 Å². The first kappa shape index (κ1) is 10.1. The molecule has 1 aromatic rings. The van der Waals surface area contributed by atoms with E-state index < -0.39 is 0 Å². The minimum absolute atomic E-state index is 0.340. The second kappa shape index (κ2) is 4.32. The molecule has 0 saturated heterocycles. The largest absolute Gasteiger partial charge is 0.481 e. The van der Waals surface area contributed by atoms with Gasteiger partial charge in [-0.05, 0) is 13.2 Å². The Hall–Kier alpha value is -0.970. The zero-order valence-electron chi connectivity index (χ0n) is 8.12. The minimum Gasteiger partial charge on any atom is -0.481 e. The molecule has 0 spiro atoms. The zero-order chi connectivity index (χ0) is 9.84. The van der Waals surface area contributed by atoms with E-state index in [1.807, 2.05) is 13.2 Å². The van der Waals surface area contributed by atoms with Crippen LogP contribution in [-0.2, 0) is 0 Å². The number of hydrogen-bond acceptors (Lipinski definition) is 5. The summed E-state index contributed by atoms with van der Waals surface area (Å²) < 4.78 is 10.0. The molecule has 13 heavy (non-hydrogen) atoms. The van der Waals surface area contributed by atoms with Crippen LogP contribution >= 0.6 is 11.8 Å². The Morgan fingerprint density at radius 2 is 1.85 bits per heavy atom. The summed E-state index contributed by atoms with van der Waals surface area (Å²) in [5, 5.41) is 0.878. The third-order valence-electron chi connectivity index (χ3n) is 1.61. The van der Waals surface area contributed by atoms with E-state index >= 15 is 0 Å². The number of aromatic nitrogens is 2. The van der Waals surface area contributed by atoms with Crippen molar-refractivity contribution in [3.8, 4) is 11.9 Å². The highest BCUT2D eigenvalue weighted by atomic mass is 32.2. The molecule has 4 nitrogen and oxygen atoms in total. The van der Waals surface area contributed by atoms with Crippen LogP contribution in [0.15, 0.2) is 5.03 Å². The zero-order valence-corrected chi connectivity index (χ0v) is 8.94. The van der Waals surface area contributed by atoms with Crippen LogP contribution in [-0.4, -0.2) is 30.4 Å².